The van der Waals surface area contributed by atoms with Gasteiger partial charge in [-0.2, -0.15) is 0 Å². The second-order valence-electron chi connectivity index (χ2n) is 6.79. The highest BCUT2D eigenvalue weighted by atomic mass is 16.6. The van der Waals surface area contributed by atoms with Gasteiger partial charge in [-0.1, -0.05) is 5.16 Å². The quantitative estimate of drug-likeness (QED) is 0.832. The summed E-state index contributed by atoms with van der Waals surface area (Å²) in [4.78, 5) is 23.1. The van der Waals surface area contributed by atoms with Crippen molar-refractivity contribution in [1.82, 2.24) is 20.0 Å². The normalized spacial score (nSPS) is 16.9. The maximum Gasteiger partial charge on any atom is 0.410 e. The SMILES string of the molecule is CCOC(=O)N1CCOC[C@H]1CNc1nc(C)nc(-c2c(C)noc2C)c1C. The van der Waals surface area contributed by atoms with Crippen LogP contribution in [-0.4, -0.2) is 65.1 Å². The summed E-state index contributed by atoms with van der Waals surface area (Å²) in [5.74, 6) is 2.08. The molecule has 0 aromatic carbocycles. The number of amides is 1. The Kier molecular flexibility index (Phi) is 6.13. The van der Waals surface area contributed by atoms with E-state index in [0.29, 0.717) is 38.7 Å². The number of morpholine rings is 1. The molecule has 1 N–H and O–H groups in total. The van der Waals surface area contributed by atoms with Crippen LogP contribution in [-0.2, 0) is 9.47 Å². The summed E-state index contributed by atoms with van der Waals surface area (Å²) in [6.07, 6.45) is -0.315. The van der Waals surface area contributed by atoms with Crippen LogP contribution in [0, 0.1) is 27.7 Å². The van der Waals surface area contributed by atoms with E-state index in [-0.39, 0.29) is 12.1 Å². The highest BCUT2D eigenvalue weighted by Gasteiger charge is 2.28. The number of nitrogens with one attached hydrogen (secondary N) is 1. The second-order valence-corrected chi connectivity index (χ2v) is 6.79. The molecule has 3 rings (SSSR count). The van der Waals surface area contributed by atoms with Crippen LogP contribution in [0.25, 0.3) is 11.3 Å². The lowest BCUT2D eigenvalue weighted by Gasteiger charge is -2.35. The molecule has 2 aromatic rings. The number of rotatable bonds is 5. The molecule has 0 aliphatic carbocycles. The Morgan fingerprint density at radius 1 is 1.29 bits per heavy atom. The van der Waals surface area contributed by atoms with Crippen molar-refractivity contribution in [2.45, 2.75) is 40.7 Å². The van der Waals surface area contributed by atoms with E-state index in [2.05, 4.69) is 20.4 Å². The van der Waals surface area contributed by atoms with Crippen molar-refractivity contribution in [1.29, 1.82) is 0 Å². The highest BCUT2D eigenvalue weighted by molar-refractivity contribution is 5.71. The molecule has 28 heavy (non-hydrogen) atoms. The first-order valence-electron chi connectivity index (χ1n) is 9.45. The van der Waals surface area contributed by atoms with Crippen molar-refractivity contribution in [3.8, 4) is 11.3 Å². The molecule has 152 valence electrons. The molecule has 0 unspecified atom stereocenters. The summed E-state index contributed by atoms with van der Waals surface area (Å²) in [5.41, 5.74) is 3.38. The van der Waals surface area contributed by atoms with Gasteiger partial charge in [0, 0.05) is 18.7 Å². The molecule has 0 radical (unpaired) electrons. The van der Waals surface area contributed by atoms with Crippen LogP contribution in [0.1, 0.15) is 29.8 Å². The van der Waals surface area contributed by atoms with Crippen molar-refractivity contribution in [2.24, 2.45) is 0 Å². The minimum Gasteiger partial charge on any atom is -0.450 e. The van der Waals surface area contributed by atoms with Crippen molar-refractivity contribution in [3.63, 3.8) is 0 Å². The van der Waals surface area contributed by atoms with Gasteiger partial charge in [0.15, 0.2) is 0 Å². The van der Waals surface area contributed by atoms with Crippen LogP contribution in [0.5, 0.6) is 0 Å². The number of hydrogen-bond donors (Lipinski definition) is 1. The predicted octanol–water partition coefficient (Wildman–Crippen LogP) is 2.63. The zero-order valence-electron chi connectivity index (χ0n) is 17.0. The first-order chi connectivity index (χ1) is 13.4. The fraction of sp³-hybridized carbons (Fsp3) is 0.579. The average Bonchev–Trinajstić information content (AvgIpc) is 3.01. The lowest BCUT2D eigenvalue weighted by molar-refractivity contribution is -0.00379. The Morgan fingerprint density at radius 3 is 2.75 bits per heavy atom. The minimum absolute atomic E-state index is 0.134. The summed E-state index contributed by atoms with van der Waals surface area (Å²) in [6, 6.07) is -0.134. The smallest absolute Gasteiger partial charge is 0.410 e. The predicted molar refractivity (Wildman–Crippen MR) is 103 cm³/mol. The molecule has 2 aromatic heterocycles. The van der Waals surface area contributed by atoms with Crippen molar-refractivity contribution in [2.75, 3.05) is 38.2 Å². The lowest BCUT2D eigenvalue weighted by Crippen LogP contribution is -2.52. The van der Waals surface area contributed by atoms with Crippen molar-refractivity contribution >= 4 is 11.9 Å². The fourth-order valence-corrected chi connectivity index (χ4v) is 3.35. The van der Waals surface area contributed by atoms with Gasteiger partial charge in [-0.3, -0.25) is 4.90 Å². The van der Waals surface area contributed by atoms with E-state index < -0.39 is 0 Å². The van der Waals surface area contributed by atoms with Crippen LogP contribution in [0.15, 0.2) is 4.52 Å². The van der Waals surface area contributed by atoms with E-state index >= 15 is 0 Å². The molecule has 1 saturated heterocycles. The molecule has 9 heteroatoms. The number of nitrogens with zero attached hydrogens (tertiary/aromatic N) is 4. The number of aryl methyl sites for hydroxylation is 3. The summed E-state index contributed by atoms with van der Waals surface area (Å²) in [5, 5.41) is 7.39. The van der Waals surface area contributed by atoms with Crippen LogP contribution < -0.4 is 5.32 Å². The standard InChI is InChI=1S/C19H27N5O4/c1-6-27-19(25)24-7-8-26-10-15(24)9-20-18-11(2)17(21-14(5)22-18)16-12(3)23-28-13(16)4/h15H,6-10H2,1-5H3,(H,20,21,22)/t15-/m1/s1. The summed E-state index contributed by atoms with van der Waals surface area (Å²) in [6.45, 7) is 11.7. The third kappa shape index (κ3) is 4.09. The maximum atomic E-state index is 12.2. The Labute approximate surface area is 164 Å². The molecule has 1 atom stereocenters. The molecular weight excluding hydrogens is 362 g/mol. The van der Waals surface area contributed by atoms with Gasteiger partial charge in [-0.25, -0.2) is 14.8 Å². The number of ether oxygens (including phenoxy) is 2. The number of aromatic nitrogens is 3. The molecule has 3 heterocycles. The van der Waals surface area contributed by atoms with E-state index in [4.69, 9.17) is 14.0 Å². The Bertz CT molecular complexity index is 832. The van der Waals surface area contributed by atoms with Gasteiger partial charge in [0.1, 0.15) is 17.4 Å². The Hall–Kier alpha value is -2.68. The lowest BCUT2D eigenvalue weighted by atomic mass is 10.1. The van der Waals surface area contributed by atoms with Gasteiger partial charge in [0.25, 0.3) is 0 Å². The van der Waals surface area contributed by atoms with Gasteiger partial charge in [-0.05, 0) is 34.6 Å². The average molecular weight is 389 g/mol. The van der Waals surface area contributed by atoms with E-state index in [1.807, 2.05) is 27.7 Å². The Morgan fingerprint density at radius 2 is 2.07 bits per heavy atom. The van der Waals surface area contributed by atoms with E-state index in [9.17, 15) is 4.79 Å². The molecule has 0 bridgehead atoms. The largest absolute Gasteiger partial charge is 0.450 e. The minimum atomic E-state index is -0.315. The number of hydrogen-bond acceptors (Lipinski definition) is 8. The summed E-state index contributed by atoms with van der Waals surface area (Å²) >= 11 is 0. The molecule has 1 aliphatic heterocycles. The molecular formula is C19H27N5O4. The van der Waals surface area contributed by atoms with E-state index in [1.54, 1.807) is 11.8 Å². The summed E-state index contributed by atoms with van der Waals surface area (Å²) in [7, 11) is 0. The third-order valence-electron chi connectivity index (χ3n) is 4.76. The van der Waals surface area contributed by atoms with Gasteiger partial charge in [0.2, 0.25) is 0 Å². The third-order valence-corrected chi connectivity index (χ3v) is 4.76. The van der Waals surface area contributed by atoms with Gasteiger partial charge in [0.05, 0.1) is 42.8 Å². The van der Waals surface area contributed by atoms with Crippen LogP contribution in [0.3, 0.4) is 0 Å². The zero-order valence-corrected chi connectivity index (χ0v) is 17.0. The summed E-state index contributed by atoms with van der Waals surface area (Å²) < 4.78 is 16.0. The van der Waals surface area contributed by atoms with Crippen LogP contribution >= 0.6 is 0 Å². The molecule has 0 spiro atoms. The topological polar surface area (TPSA) is 103 Å². The number of anilines is 1. The molecule has 1 fully saturated rings. The first-order valence-corrected chi connectivity index (χ1v) is 9.45. The second kappa shape index (κ2) is 8.55. The maximum absolute atomic E-state index is 12.2. The number of carbonyl (C=O) groups is 1. The molecule has 9 nitrogen and oxygen atoms in total. The fourth-order valence-electron chi connectivity index (χ4n) is 3.35. The zero-order chi connectivity index (χ0) is 20.3. The van der Waals surface area contributed by atoms with Gasteiger partial charge < -0.3 is 19.3 Å². The van der Waals surface area contributed by atoms with Crippen LogP contribution in [0.2, 0.25) is 0 Å². The molecule has 1 aliphatic rings. The monoisotopic (exact) mass is 389 g/mol. The molecule has 1 amide bonds. The van der Waals surface area contributed by atoms with E-state index in [0.717, 1.165) is 34.1 Å². The van der Waals surface area contributed by atoms with Crippen molar-refractivity contribution < 1.29 is 18.8 Å². The van der Waals surface area contributed by atoms with Gasteiger partial charge in [-0.15, -0.1) is 0 Å². The molecule has 0 saturated carbocycles. The van der Waals surface area contributed by atoms with Crippen LogP contribution in [0.4, 0.5) is 10.6 Å². The number of carbonyl (C=O) groups excluding carboxylic acids is 1. The van der Waals surface area contributed by atoms with E-state index in [1.165, 1.54) is 0 Å². The highest BCUT2D eigenvalue weighted by Crippen LogP contribution is 2.30. The first kappa shape index (κ1) is 20.1. The van der Waals surface area contributed by atoms with Crippen molar-refractivity contribution in [3.05, 3.63) is 22.8 Å². The van der Waals surface area contributed by atoms with Gasteiger partial charge >= 0.3 is 6.09 Å². The Balaban J connectivity index is 1.82.